The van der Waals surface area contributed by atoms with Crippen LogP contribution in [0.3, 0.4) is 0 Å². The Morgan fingerprint density at radius 1 is 1.50 bits per heavy atom. The lowest BCUT2D eigenvalue weighted by Crippen LogP contribution is -2.04. The highest BCUT2D eigenvalue weighted by Crippen LogP contribution is 1.95. The van der Waals surface area contributed by atoms with Crippen molar-refractivity contribution >= 4 is 32.9 Å². The number of pyridine rings is 1. The van der Waals surface area contributed by atoms with Crippen LogP contribution in [-0.2, 0) is 5.33 Å². The largest absolute Gasteiger partial charge is 0.325 e. The van der Waals surface area contributed by atoms with E-state index in [9.17, 15) is 4.79 Å². The Hall–Kier alpha value is -0.0900. The van der Waals surface area contributed by atoms with Crippen molar-refractivity contribution < 1.29 is 0 Å². The Kier molecular flexibility index (Phi) is 4.64. The van der Waals surface area contributed by atoms with Crippen molar-refractivity contribution in [3.8, 4) is 0 Å². The molecule has 0 fully saturated rings. The summed E-state index contributed by atoms with van der Waals surface area (Å²) in [6, 6.07) is 5.08. The third kappa shape index (κ3) is 2.66. The molecule has 0 radical (unpaired) electrons. The third-order valence-electron chi connectivity index (χ3n) is 0.973. The van der Waals surface area contributed by atoms with Gasteiger partial charge >= 0.3 is 0 Å². The van der Waals surface area contributed by atoms with E-state index in [2.05, 4.69) is 20.9 Å². The van der Waals surface area contributed by atoms with E-state index in [1.807, 2.05) is 6.07 Å². The maximum Gasteiger partial charge on any atom is 0.248 e. The Labute approximate surface area is 77.6 Å². The van der Waals surface area contributed by atoms with E-state index in [-0.39, 0.29) is 22.5 Å². The zero-order valence-electron chi connectivity index (χ0n) is 5.13. The second-order valence-corrected chi connectivity index (χ2v) is 2.23. The molecule has 4 heteroatoms. The summed E-state index contributed by atoms with van der Waals surface area (Å²) in [6.45, 7) is 0. The van der Waals surface area contributed by atoms with Gasteiger partial charge in [-0.05, 0) is 6.07 Å². The van der Waals surface area contributed by atoms with E-state index >= 15 is 0 Å². The van der Waals surface area contributed by atoms with Gasteiger partial charge < -0.3 is 4.98 Å². The summed E-state index contributed by atoms with van der Waals surface area (Å²) in [5.41, 5.74) is 0.856. The zero-order valence-corrected chi connectivity index (χ0v) is 8.43. The molecule has 0 atom stereocenters. The van der Waals surface area contributed by atoms with Crippen molar-refractivity contribution in [2.45, 2.75) is 5.33 Å². The quantitative estimate of drug-likeness (QED) is 0.775. The standard InChI is InChI=1S/C6H6BrNO.BrH/c7-4-5-2-1-3-6(9)8-5;/h1-3H,4H2,(H,8,9);1H. The Balaban J connectivity index is 0.000000810. The number of halogens is 2. The molecule has 0 unspecified atom stereocenters. The van der Waals surface area contributed by atoms with E-state index in [0.717, 1.165) is 5.69 Å². The summed E-state index contributed by atoms with van der Waals surface area (Å²) < 4.78 is 0. The molecular formula is C6H7Br2NO. The number of rotatable bonds is 1. The van der Waals surface area contributed by atoms with E-state index in [1.165, 1.54) is 6.07 Å². The highest BCUT2D eigenvalue weighted by molar-refractivity contribution is 9.08. The number of H-pyrrole nitrogens is 1. The van der Waals surface area contributed by atoms with E-state index in [0.29, 0.717) is 5.33 Å². The first kappa shape index (κ1) is 9.91. The molecule has 0 amide bonds. The number of hydrogen-bond donors (Lipinski definition) is 1. The number of nitrogens with one attached hydrogen (secondary N) is 1. The molecule has 0 bridgehead atoms. The Morgan fingerprint density at radius 2 is 2.20 bits per heavy atom. The van der Waals surface area contributed by atoms with Crippen LogP contribution in [0, 0.1) is 0 Å². The van der Waals surface area contributed by atoms with Crippen LogP contribution in [0.1, 0.15) is 5.69 Å². The topological polar surface area (TPSA) is 32.9 Å². The molecule has 0 aliphatic carbocycles. The summed E-state index contributed by atoms with van der Waals surface area (Å²) in [5.74, 6) is 0. The average molecular weight is 269 g/mol. The van der Waals surface area contributed by atoms with Crippen LogP contribution >= 0.6 is 32.9 Å². The number of alkyl halides is 1. The van der Waals surface area contributed by atoms with Crippen LogP contribution in [0.4, 0.5) is 0 Å². The van der Waals surface area contributed by atoms with Crippen molar-refractivity contribution in [2.75, 3.05) is 0 Å². The highest BCUT2D eigenvalue weighted by Gasteiger charge is 1.86. The van der Waals surface area contributed by atoms with E-state index in [1.54, 1.807) is 6.07 Å². The molecule has 56 valence electrons. The van der Waals surface area contributed by atoms with Gasteiger partial charge in [-0.25, -0.2) is 0 Å². The van der Waals surface area contributed by atoms with Crippen molar-refractivity contribution in [3.05, 3.63) is 34.2 Å². The number of hydrogen-bond acceptors (Lipinski definition) is 1. The van der Waals surface area contributed by atoms with Crippen LogP contribution in [0.15, 0.2) is 23.0 Å². The lowest BCUT2D eigenvalue weighted by molar-refractivity contribution is 1.13. The summed E-state index contributed by atoms with van der Waals surface area (Å²) in [5, 5.41) is 0.698. The van der Waals surface area contributed by atoms with Gasteiger partial charge in [0.1, 0.15) is 0 Å². The molecule has 0 aliphatic rings. The van der Waals surface area contributed by atoms with Gasteiger partial charge in [0.25, 0.3) is 0 Å². The van der Waals surface area contributed by atoms with Gasteiger partial charge in [-0.2, -0.15) is 0 Å². The van der Waals surface area contributed by atoms with Crippen molar-refractivity contribution in [3.63, 3.8) is 0 Å². The maximum atomic E-state index is 10.6. The van der Waals surface area contributed by atoms with E-state index in [4.69, 9.17) is 0 Å². The molecule has 1 N–H and O–H groups in total. The number of aromatic amines is 1. The summed E-state index contributed by atoms with van der Waals surface area (Å²) in [6.07, 6.45) is 0. The molecule has 1 aromatic heterocycles. The minimum atomic E-state index is -0.0491. The normalized spacial score (nSPS) is 8.50. The van der Waals surface area contributed by atoms with Crippen LogP contribution in [0.5, 0.6) is 0 Å². The lowest BCUT2D eigenvalue weighted by atomic mass is 10.4. The fourth-order valence-corrected chi connectivity index (χ4v) is 0.898. The summed E-state index contributed by atoms with van der Waals surface area (Å²) in [4.78, 5) is 13.2. The molecule has 1 heterocycles. The predicted octanol–water partition coefficient (Wildman–Crippen LogP) is 1.85. The molecule has 1 aromatic rings. The van der Waals surface area contributed by atoms with Crippen LogP contribution in [-0.4, -0.2) is 4.98 Å². The SMILES string of the molecule is Br.O=c1cccc(CBr)[nH]1. The van der Waals surface area contributed by atoms with Gasteiger partial charge in [0.2, 0.25) is 5.56 Å². The van der Waals surface area contributed by atoms with Crippen LogP contribution < -0.4 is 5.56 Å². The Morgan fingerprint density at radius 3 is 2.60 bits per heavy atom. The first-order valence-electron chi connectivity index (χ1n) is 2.57. The fourth-order valence-electron chi connectivity index (χ4n) is 0.571. The molecule has 0 aliphatic heterocycles. The summed E-state index contributed by atoms with van der Waals surface area (Å²) >= 11 is 3.22. The van der Waals surface area contributed by atoms with Crippen LogP contribution in [0.25, 0.3) is 0 Å². The van der Waals surface area contributed by atoms with Crippen molar-refractivity contribution in [1.82, 2.24) is 4.98 Å². The first-order valence-corrected chi connectivity index (χ1v) is 3.69. The van der Waals surface area contributed by atoms with Crippen LogP contribution in [0.2, 0.25) is 0 Å². The molecule has 0 saturated carbocycles. The Bertz CT molecular complexity index is 246. The van der Waals surface area contributed by atoms with Gasteiger partial charge in [-0.1, -0.05) is 22.0 Å². The second-order valence-electron chi connectivity index (χ2n) is 1.67. The molecule has 0 aromatic carbocycles. The van der Waals surface area contributed by atoms with Crippen molar-refractivity contribution in [2.24, 2.45) is 0 Å². The first-order chi connectivity index (χ1) is 4.33. The smallest absolute Gasteiger partial charge is 0.248 e. The summed E-state index contributed by atoms with van der Waals surface area (Å²) in [7, 11) is 0. The predicted molar refractivity (Wildman–Crippen MR) is 50.0 cm³/mol. The fraction of sp³-hybridized carbons (Fsp3) is 0.167. The third-order valence-corrected chi connectivity index (χ3v) is 1.58. The highest BCUT2D eigenvalue weighted by atomic mass is 79.9. The van der Waals surface area contributed by atoms with Gasteiger partial charge in [-0.15, -0.1) is 17.0 Å². The molecule has 10 heavy (non-hydrogen) atoms. The van der Waals surface area contributed by atoms with Gasteiger partial charge in [0.15, 0.2) is 0 Å². The maximum absolute atomic E-state index is 10.6. The minimum Gasteiger partial charge on any atom is -0.325 e. The molecule has 0 spiro atoms. The van der Waals surface area contributed by atoms with Gasteiger partial charge in [-0.3, -0.25) is 4.79 Å². The number of aromatic nitrogens is 1. The monoisotopic (exact) mass is 267 g/mol. The lowest BCUT2D eigenvalue weighted by Gasteiger charge is -1.89. The molecule has 1 rings (SSSR count). The average Bonchev–Trinajstić information content (AvgIpc) is 1.88. The molecule has 0 saturated heterocycles. The second kappa shape index (κ2) is 4.68. The van der Waals surface area contributed by atoms with Gasteiger partial charge in [0.05, 0.1) is 0 Å². The zero-order chi connectivity index (χ0) is 6.69. The van der Waals surface area contributed by atoms with Gasteiger partial charge in [0, 0.05) is 17.1 Å². The molecular weight excluding hydrogens is 262 g/mol. The van der Waals surface area contributed by atoms with Crippen molar-refractivity contribution in [1.29, 1.82) is 0 Å². The molecule has 2 nitrogen and oxygen atoms in total. The van der Waals surface area contributed by atoms with E-state index < -0.39 is 0 Å². The minimum absolute atomic E-state index is 0.